The van der Waals surface area contributed by atoms with Crippen molar-refractivity contribution >= 4 is 5.91 Å². The van der Waals surface area contributed by atoms with Crippen LogP contribution in [0, 0.1) is 11.3 Å². The van der Waals surface area contributed by atoms with Crippen molar-refractivity contribution in [2.45, 2.75) is 32.2 Å². The van der Waals surface area contributed by atoms with Crippen molar-refractivity contribution in [3.8, 4) is 6.07 Å². The van der Waals surface area contributed by atoms with Crippen molar-refractivity contribution in [3.05, 3.63) is 0 Å². The van der Waals surface area contributed by atoms with Crippen LogP contribution in [-0.4, -0.2) is 18.5 Å². The standard InChI is InChI=1S/C8H15N3O/c1-2-3-7(10)6-8(12)11-5-4-9/h7H,2-3,5-6,10H2,1H3,(H,11,12). The number of hydrogen-bond donors (Lipinski definition) is 2. The SMILES string of the molecule is CCCC(N)CC(=O)NCC#N. The molecule has 0 fully saturated rings. The van der Waals surface area contributed by atoms with Gasteiger partial charge in [-0.15, -0.1) is 0 Å². The monoisotopic (exact) mass is 169 g/mol. The number of nitrogens with one attached hydrogen (secondary N) is 1. The van der Waals surface area contributed by atoms with E-state index in [-0.39, 0.29) is 18.5 Å². The third-order valence-electron chi connectivity index (χ3n) is 1.47. The van der Waals surface area contributed by atoms with Gasteiger partial charge in [0, 0.05) is 12.5 Å². The van der Waals surface area contributed by atoms with Crippen LogP contribution in [0.15, 0.2) is 0 Å². The molecule has 0 aromatic rings. The predicted octanol–water partition coefficient (Wildman–Crippen LogP) is 0.144. The molecular weight excluding hydrogens is 154 g/mol. The average molecular weight is 169 g/mol. The van der Waals surface area contributed by atoms with Gasteiger partial charge in [-0.05, 0) is 6.42 Å². The van der Waals surface area contributed by atoms with Crippen LogP contribution in [0.5, 0.6) is 0 Å². The molecule has 1 atom stereocenters. The third-order valence-corrected chi connectivity index (χ3v) is 1.47. The first-order chi connectivity index (χ1) is 5.70. The Kier molecular flexibility index (Phi) is 6.02. The van der Waals surface area contributed by atoms with Crippen LogP contribution in [0.1, 0.15) is 26.2 Å². The highest BCUT2D eigenvalue weighted by molar-refractivity contribution is 5.76. The Balaban J connectivity index is 3.48. The lowest BCUT2D eigenvalue weighted by Gasteiger charge is -2.08. The van der Waals surface area contributed by atoms with Crippen LogP contribution < -0.4 is 11.1 Å². The summed E-state index contributed by atoms with van der Waals surface area (Å²) in [6, 6.07) is 1.76. The molecule has 1 unspecified atom stereocenters. The number of nitriles is 1. The maximum absolute atomic E-state index is 10.9. The van der Waals surface area contributed by atoms with Crippen molar-refractivity contribution in [2.24, 2.45) is 5.73 Å². The highest BCUT2D eigenvalue weighted by atomic mass is 16.1. The molecule has 68 valence electrons. The zero-order valence-electron chi connectivity index (χ0n) is 7.34. The first-order valence-corrected chi connectivity index (χ1v) is 4.10. The van der Waals surface area contributed by atoms with Gasteiger partial charge in [0.1, 0.15) is 6.54 Å². The molecular formula is C8H15N3O. The summed E-state index contributed by atoms with van der Waals surface area (Å²) in [7, 11) is 0. The Morgan fingerprint density at radius 1 is 1.75 bits per heavy atom. The molecule has 0 aliphatic carbocycles. The minimum Gasteiger partial charge on any atom is -0.343 e. The maximum atomic E-state index is 10.9. The normalized spacial score (nSPS) is 11.8. The second-order valence-electron chi connectivity index (χ2n) is 2.69. The van der Waals surface area contributed by atoms with Crippen molar-refractivity contribution in [1.82, 2.24) is 5.32 Å². The Morgan fingerprint density at radius 3 is 2.92 bits per heavy atom. The molecule has 0 heterocycles. The van der Waals surface area contributed by atoms with Gasteiger partial charge in [-0.1, -0.05) is 13.3 Å². The zero-order valence-corrected chi connectivity index (χ0v) is 7.34. The second kappa shape index (κ2) is 6.62. The largest absolute Gasteiger partial charge is 0.343 e. The molecule has 3 N–H and O–H groups in total. The lowest BCUT2D eigenvalue weighted by atomic mass is 10.1. The van der Waals surface area contributed by atoms with Gasteiger partial charge in [-0.25, -0.2) is 0 Å². The fourth-order valence-corrected chi connectivity index (χ4v) is 0.921. The summed E-state index contributed by atoms with van der Waals surface area (Å²) in [6.07, 6.45) is 2.14. The molecule has 1 amide bonds. The summed E-state index contributed by atoms with van der Waals surface area (Å²) in [6.45, 7) is 2.09. The van der Waals surface area contributed by atoms with Gasteiger partial charge < -0.3 is 11.1 Å². The molecule has 0 aliphatic rings. The van der Waals surface area contributed by atoms with Gasteiger partial charge in [0.2, 0.25) is 5.91 Å². The number of nitrogens with zero attached hydrogens (tertiary/aromatic N) is 1. The summed E-state index contributed by atoms with van der Waals surface area (Å²) in [5.74, 6) is -0.141. The third kappa shape index (κ3) is 5.69. The molecule has 0 aromatic heterocycles. The Bertz CT molecular complexity index is 174. The van der Waals surface area contributed by atoms with E-state index in [2.05, 4.69) is 5.32 Å². The van der Waals surface area contributed by atoms with E-state index in [1.54, 1.807) is 0 Å². The van der Waals surface area contributed by atoms with E-state index in [9.17, 15) is 4.79 Å². The fourth-order valence-electron chi connectivity index (χ4n) is 0.921. The molecule has 0 aliphatic heterocycles. The zero-order chi connectivity index (χ0) is 9.40. The molecule has 0 aromatic carbocycles. The minimum atomic E-state index is -0.141. The van der Waals surface area contributed by atoms with E-state index in [1.807, 2.05) is 13.0 Å². The lowest BCUT2D eigenvalue weighted by molar-refractivity contribution is -0.121. The van der Waals surface area contributed by atoms with E-state index < -0.39 is 0 Å². The molecule has 0 saturated heterocycles. The fraction of sp³-hybridized carbons (Fsp3) is 0.750. The number of amides is 1. The summed E-state index contributed by atoms with van der Waals surface area (Å²) < 4.78 is 0. The quantitative estimate of drug-likeness (QED) is 0.575. The van der Waals surface area contributed by atoms with Gasteiger partial charge in [-0.2, -0.15) is 5.26 Å². The number of carbonyl (C=O) groups excluding carboxylic acids is 1. The first-order valence-electron chi connectivity index (χ1n) is 4.10. The number of carbonyl (C=O) groups is 1. The van der Waals surface area contributed by atoms with E-state index in [1.165, 1.54) is 0 Å². The molecule has 0 radical (unpaired) electrons. The smallest absolute Gasteiger partial charge is 0.222 e. The Morgan fingerprint density at radius 2 is 2.42 bits per heavy atom. The van der Waals surface area contributed by atoms with Crippen molar-refractivity contribution in [3.63, 3.8) is 0 Å². The van der Waals surface area contributed by atoms with Crippen molar-refractivity contribution < 1.29 is 4.79 Å². The van der Waals surface area contributed by atoms with Crippen LogP contribution in [0.4, 0.5) is 0 Å². The molecule has 0 rings (SSSR count). The summed E-state index contributed by atoms with van der Waals surface area (Å²) in [5.41, 5.74) is 5.61. The van der Waals surface area contributed by atoms with Gasteiger partial charge >= 0.3 is 0 Å². The van der Waals surface area contributed by atoms with E-state index >= 15 is 0 Å². The van der Waals surface area contributed by atoms with Crippen molar-refractivity contribution in [1.29, 1.82) is 5.26 Å². The number of rotatable bonds is 5. The van der Waals surface area contributed by atoms with Crippen molar-refractivity contribution in [2.75, 3.05) is 6.54 Å². The predicted molar refractivity (Wildman–Crippen MR) is 46.1 cm³/mol. The second-order valence-corrected chi connectivity index (χ2v) is 2.69. The van der Waals surface area contributed by atoms with Gasteiger partial charge in [0.05, 0.1) is 6.07 Å². The maximum Gasteiger partial charge on any atom is 0.222 e. The van der Waals surface area contributed by atoms with E-state index in [4.69, 9.17) is 11.0 Å². The highest BCUT2D eigenvalue weighted by Crippen LogP contribution is 1.97. The van der Waals surface area contributed by atoms with Gasteiger partial charge in [0.15, 0.2) is 0 Å². The lowest BCUT2D eigenvalue weighted by Crippen LogP contribution is -2.31. The van der Waals surface area contributed by atoms with Crippen LogP contribution in [0.2, 0.25) is 0 Å². The van der Waals surface area contributed by atoms with Crippen LogP contribution in [-0.2, 0) is 4.79 Å². The van der Waals surface area contributed by atoms with Gasteiger partial charge in [0.25, 0.3) is 0 Å². The summed E-state index contributed by atoms with van der Waals surface area (Å²) in [5, 5.41) is 10.6. The number of hydrogen-bond acceptors (Lipinski definition) is 3. The van der Waals surface area contributed by atoms with E-state index in [0.29, 0.717) is 6.42 Å². The van der Waals surface area contributed by atoms with Gasteiger partial charge in [-0.3, -0.25) is 4.79 Å². The molecule has 12 heavy (non-hydrogen) atoms. The summed E-state index contributed by atoms with van der Waals surface area (Å²) >= 11 is 0. The first kappa shape index (κ1) is 10.9. The highest BCUT2D eigenvalue weighted by Gasteiger charge is 2.06. The minimum absolute atomic E-state index is 0.0671. The van der Waals surface area contributed by atoms with Crippen LogP contribution in [0.3, 0.4) is 0 Å². The Labute approximate surface area is 72.7 Å². The van der Waals surface area contributed by atoms with Crippen LogP contribution in [0.25, 0.3) is 0 Å². The molecule has 0 saturated carbocycles. The topological polar surface area (TPSA) is 78.9 Å². The molecule has 4 heteroatoms. The molecule has 4 nitrogen and oxygen atoms in total. The summed E-state index contributed by atoms with van der Waals surface area (Å²) in [4.78, 5) is 10.9. The Hall–Kier alpha value is -1.08. The number of nitrogens with two attached hydrogens (primary N) is 1. The average Bonchev–Trinajstić information content (AvgIpc) is 2.01. The molecule has 0 spiro atoms. The molecule has 0 bridgehead atoms. The van der Waals surface area contributed by atoms with Crippen LogP contribution >= 0.6 is 0 Å². The van der Waals surface area contributed by atoms with E-state index in [0.717, 1.165) is 12.8 Å².